The minimum absolute atomic E-state index is 0.238. The standard InChI is InChI=1S/C19H35N3O6S/c1-20-18(24)19(25)21-14-12-10-8-6-4-3-5-7-9-11-13-15-28-16-17(23)22-29(2,26)27/h4,6H,3,5,7-16H2,1-2H3,(H,20,24)(H,21,25)(H,22,23)/b6-4-. The molecule has 0 aliphatic heterocycles. The smallest absolute Gasteiger partial charge is 0.309 e. The second-order valence-corrected chi connectivity index (χ2v) is 8.46. The van der Waals surface area contributed by atoms with Crippen LogP contribution in [0.3, 0.4) is 0 Å². The number of carbonyl (C=O) groups excluding carboxylic acids is 3. The van der Waals surface area contributed by atoms with Gasteiger partial charge in [-0.15, -0.1) is 0 Å². The lowest BCUT2D eigenvalue weighted by atomic mass is 10.1. The van der Waals surface area contributed by atoms with Crippen LogP contribution in [-0.2, 0) is 29.1 Å². The van der Waals surface area contributed by atoms with Crippen molar-refractivity contribution < 1.29 is 27.5 Å². The fraction of sp³-hybridized carbons (Fsp3) is 0.737. The number of hydrogen-bond acceptors (Lipinski definition) is 6. The SMILES string of the molecule is CNC(=O)C(=O)NCCCC/C=C\CCCCCCCOCC(=O)NS(C)(=O)=O. The van der Waals surface area contributed by atoms with Crippen LogP contribution in [0.15, 0.2) is 12.2 Å². The molecule has 168 valence electrons. The van der Waals surface area contributed by atoms with E-state index >= 15 is 0 Å². The molecule has 0 rings (SSSR count). The lowest BCUT2D eigenvalue weighted by Crippen LogP contribution is -2.38. The number of nitrogens with one attached hydrogen (secondary N) is 3. The van der Waals surface area contributed by atoms with Crippen molar-refractivity contribution in [1.82, 2.24) is 15.4 Å². The van der Waals surface area contributed by atoms with Crippen LogP contribution in [0.2, 0.25) is 0 Å². The molecule has 0 aromatic rings. The molecular formula is C19H35N3O6S. The molecule has 0 spiro atoms. The molecule has 29 heavy (non-hydrogen) atoms. The molecule has 0 unspecified atom stereocenters. The third-order valence-electron chi connectivity index (χ3n) is 3.87. The van der Waals surface area contributed by atoms with Crippen LogP contribution in [0.1, 0.15) is 57.8 Å². The van der Waals surface area contributed by atoms with Crippen molar-refractivity contribution in [3.8, 4) is 0 Å². The molecular weight excluding hydrogens is 398 g/mol. The van der Waals surface area contributed by atoms with Crippen molar-refractivity contribution in [2.24, 2.45) is 0 Å². The maximum atomic E-state index is 11.2. The zero-order valence-corrected chi connectivity index (χ0v) is 18.3. The van der Waals surface area contributed by atoms with Crippen molar-refractivity contribution in [2.75, 3.05) is 33.1 Å². The molecule has 0 heterocycles. The largest absolute Gasteiger partial charge is 0.372 e. The number of sulfonamides is 1. The van der Waals surface area contributed by atoms with E-state index < -0.39 is 27.7 Å². The van der Waals surface area contributed by atoms with Gasteiger partial charge < -0.3 is 15.4 Å². The molecule has 0 saturated heterocycles. The summed E-state index contributed by atoms with van der Waals surface area (Å²) in [6.07, 6.45) is 14.3. The van der Waals surface area contributed by atoms with Gasteiger partial charge in [0.1, 0.15) is 6.61 Å². The van der Waals surface area contributed by atoms with E-state index in [9.17, 15) is 22.8 Å². The molecule has 0 aliphatic rings. The number of hydrogen-bond donors (Lipinski definition) is 3. The van der Waals surface area contributed by atoms with E-state index in [0.29, 0.717) is 13.2 Å². The van der Waals surface area contributed by atoms with Gasteiger partial charge in [0.15, 0.2) is 0 Å². The van der Waals surface area contributed by atoms with Crippen LogP contribution in [0.5, 0.6) is 0 Å². The van der Waals surface area contributed by atoms with Gasteiger partial charge in [-0.2, -0.15) is 0 Å². The quantitative estimate of drug-likeness (QED) is 0.189. The molecule has 3 N–H and O–H groups in total. The average Bonchev–Trinajstić information content (AvgIpc) is 2.65. The Morgan fingerprint density at radius 1 is 0.862 bits per heavy atom. The maximum absolute atomic E-state index is 11.2. The van der Waals surface area contributed by atoms with E-state index in [-0.39, 0.29) is 6.61 Å². The molecule has 0 aromatic carbocycles. The predicted octanol–water partition coefficient (Wildman–Crippen LogP) is 1.01. The van der Waals surface area contributed by atoms with Crippen LogP contribution in [0.4, 0.5) is 0 Å². The van der Waals surface area contributed by atoms with E-state index in [1.807, 2.05) is 4.72 Å². The first-order valence-electron chi connectivity index (χ1n) is 9.99. The van der Waals surface area contributed by atoms with Crippen molar-refractivity contribution in [2.45, 2.75) is 57.8 Å². The third-order valence-corrected chi connectivity index (χ3v) is 4.47. The van der Waals surface area contributed by atoms with Crippen molar-refractivity contribution in [1.29, 1.82) is 0 Å². The Bertz CT molecular complexity index is 619. The van der Waals surface area contributed by atoms with Gasteiger partial charge in [-0.3, -0.25) is 19.1 Å². The Kier molecular flexibility index (Phi) is 15.8. The van der Waals surface area contributed by atoms with Crippen LogP contribution >= 0.6 is 0 Å². The summed E-state index contributed by atoms with van der Waals surface area (Å²) < 4.78 is 28.7. The van der Waals surface area contributed by atoms with E-state index in [1.165, 1.54) is 7.05 Å². The highest BCUT2D eigenvalue weighted by molar-refractivity contribution is 7.89. The lowest BCUT2D eigenvalue weighted by molar-refractivity contribution is -0.138. The van der Waals surface area contributed by atoms with Crippen molar-refractivity contribution >= 4 is 27.7 Å². The van der Waals surface area contributed by atoms with Crippen LogP contribution < -0.4 is 15.4 Å². The number of amides is 3. The summed E-state index contributed by atoms with van der Waals surface area (Å²) in [6, 6.07) is 0. The Morgan fingerprint density at radius 3 is 2.07 bits per heavy atom. The van der Waals surface area contributed by atoms with Crippen molar-refractivity contribution in [3.63, 3.8) is 0 Å². The number of rotatable bonds is 16. The number of unbranched alkanes of at least 4 members (excludes halogenated alkanes) is 7. The zero-order chi connectivity index (χ0) is 22.0. The fourth-order valence-electron chi connectivity index (χ4n) is 2.42. The van der Waals surface area contributed by atoms with E-state index in [2.05, 4.69) is 22.8 Å². The number of likely N-dealkylation sites (N-methyl/N-ethyl adjacent to an activating group) is 1. The Balaban J connectivity index is 3.35. The summed E-state index contributed by atoms with van der Waals surface area (Å²) >= 11 is 0. The molecule has 3 amide bonds. The van der Waals surface area contributed by atoms with E-state index in [0.717, 1.165) is 64.0 Å². The molecule has 0 bridgehead atoms. The Morgan fingerprint density at radius 2 is 1.45 bits per heavy atom. The van der Waals surface area contributed by atoms with Gasteiger partial charge in [0.2, 0.25) is 10.0 Å². The van der Waals surface area contributed by atoms with Gasteiger partial charge in [0, 0.05) is 20.2 Å². The average molecular weight is 434 g/mol. The first-order valence-corrected chi connectivity index (χ1v) is 11.9. The fourth-order valence-corrected chi connectivity index (χ4v) is 2.89. The summed E-state index contributed by atoms with van der Waals surface area (Å²) in [7, 11) is -2.09. The molecule has 0 aromatic heterocycles. The van der Waals surface area contributed by atoms with Crippen LogP contribution in [0, 0.1) is 0 Å². The van der Waals surface area contributed by atoms with Gasteiger partial charge in [-0.25, -0.2) is 8.42 Å². The van der Waals surface area contributed by atoms with Gasteiger partial charge >= 0.3 is 11.8 Å². The van der Waals surface area contributed by atoms with E-state index in [4.69, 9.17) is 4.74 Å². The van der Waals surface area contributed by atoms with Gasteiger partial charge in [-0.05, 0) is 38.5 Å². The monoisotopic (exact) mass is 433 g/mol. The summed E-state index contributed by atoms with van der Waals surface area (Å²) in [5.74, 6) is -1.85. The predicted molar refractivity (Wildman–Crippen MR) is 112 cm³/mol. The normalized spacial score (nSPS) is 11.4. The van der Waals surface area contributed by atoms with Gasteiger partial charge in [0.25, 0.3) is 5.91 Å². The van der Waals surface area contributed by atoms with E-state index in [1.54, 1.807) is 0 Å². The topological polar surface area (TPSA) is 131 Å². The molecule has 0 saturated carbocycles. The van der Waals surface area contributed by atoms with Gasteiger partial charge in [-0.1, -0.05) is 31.4 Å². The Labute approximate surface area is 174 Å². The first kappa shape index (κ1) is 27.1. The molecule has 0 radical (unpaired) electrons. The van der Waals surface area contributed by atoms with Crippen LogP contribution in [-0.4, -0.2) is 59.2 Å². The minimum atomic E-state index is -3.51. The summed E-state index contributed by atoms with van der Waals surface area (Å²) in [5, 5.41) is 4.84. The second-order valence-electron chi connectivity index (χ2n) is 6.71. The first-order chi connectivity index (χ1) is 13.8. The zero-order valence-electron chi connectivity index (χ0n) is 17.5. The van der Waals surface area contributed by atoms with Crippen molar-refractivity contribution in [3.05, 3.63) is 12.2 Å². The summed E-state index contributed by atoms with van der Waals surface area (Å²) in [5.41, 5.74) is 0. The summed E-state index contributed by atoms with van der Waals surface area (Å²) in [4.78, 5) is 33.4. The number of allylic oxidation sites excluding steroid dienone is 2. The van der Waals surface area contributed by atoms with Gasteiger partial charge in [0.05, 0.1) is 6.26 Å². The third kappa shape index (κ3) is 19.2. The highest BCUT2D eigenvalue weighted by Crippen LogP contribution is 2.07. The molecule has 0 aliphatic carbocycles. The molecule has 10 heteroatoms. The van der Waals surface area contributed by atoms with Crippen LogP contribution in [0.25, 0.3) is 0 Å². The highest BCUT2D eigenvalue weighted by atomic mass is 32.2. The number of carbonyl (C=O) groups is 3. The lowest BCUT2D eigenvalue weighted by Gasteiger charge is -2.04. The minimum Gasteiger partial charge on any atom is -0.372 e. The summed E-state index contributed by atoms with van der Waals surface area (Å²) in [6.45, 7) is 0.713. The molecule has 0 atom stereocenters. The second kappa shape index (κ2) is 17.0. The Hall–Kier alpha value is -1.94. The molecule has 9 nitrogen and oxygen atoms in total. The molecule has 0 fully saturated rings. The number of ether oxygens (including phenoxy) is 1. The maximum Gasteiger partial charge on any atom is 0.309 e. The highest BCUT2D eigenvalue weighted by Gasteiger charge is 2.09.